The Bertz CT molecular complexity index is 895. The van der Waals surface area contributed by atoms with E-state index >= 15 is 0 Å². The Morgan fingerprint density at radius 1 is 0.943 bits per heavy atom. The molecule has 2 saturated heterocycles. The van der Waals surface area contributed by atoms with Crippen LogP contribution in [0, 0.1) is 11.3 Å². The van der Waals surface area contributed by atoms with Gasteiger partial charge in [-0.05, 0) is 74.1 Å². The van der Waals surface area contributed by atoms with Crippen molar-refractivity contribution in [1.29, 1.82) is 0 Å². The first-order valence-corrected chi connectivity index (χ1v) is 14.1. The summed E-state index contributed by atoms with van der Waals surface area (Å²) in [6, 6.07) is 8.63. The molecule has 0 bridgehead atoms. The van der Waals surface area contributed by atoms with Gasteiger partial charge in [0.2, 0.25) is 0 Å². The van der Waals surface area contributed by atoms with Gasteiger partial charge in [-0.3, -0.25) is 9.69 Å². The standard InChI is InChI=1S/C28H43BrN4O2/c1-20-18-32(23-10-14-28(2,3)15-11-23)17-13-25(20)31(5)27(35)33-16-12-24(19-33)30(4)26(34)21-6-8-22(29)9-7-21/h6-9,20,23-25H,10-19H2,1-5H3. The summed E-state index contributed by atoms with van der Waals surface area (Å²) in [5.74, 6) is 0.477. The molecule has 35 heavy (non-hydrogen) atoms. The number of carbonyl (C=O) groups excluding carboxylic acids is 2. The lowest BCUT2D eigenvalue weighted by molar-refractivity contribution is 0.0345. The predicted octanol–water partition coefficient (Wildman–Crippen LogP) is 5.33. The Kier molecular flexibility index (Phi) is 8.16. The zero-order valence-corrected chi connectivity index (χ0v) is 23.8. The van der Waals surface area contributed by atoms with Crippen molar-refractivity contribution in [3.63, 3.8) is 0 Å². The van der Waals surface area contributed by atoms with Gasteiger partial charge in [-0.15, -0.1) is 0 Å². The number of hydrogen-bond donors (Lipinski definition) is 0. The van der Waals surface area contributed by atoms with Gasteiger partial charge in [-0.1, -0.05) is 36.7 Å². The summed E-state index contributed by atoms with van der Waals surface area (Å²) in [5, 5.41) is 0. The van der Waals surface area contributed by atoms with Crippen LogP contribution >= 0.6 is 15.9 Å². The highest BCUT2D eigenvalue weighted by Gasteiger charge is 2.39. The van der Waals surface area contributed by atoms with Crippen LogP contribution in [0.15, 0.2) is 28.7 Å². The largest absolute Gasteiger partial charge is 0.337 e. The fourth-order valence-corrected chi connectivity index (χ4v) is 6.64. The molecular weight excluding hydrogens is 504 g/mol. The molecule has 3 aliphatic rings. The number of hydrogen-bond acceptors (Lipinski definition) is 3. The van der Waals surface area contributed by atoms with Crippen LogP contribution in [0.25, 0.3) is 0 Å². The zero-order chi connectivity index (χ0) is 25.3. The number of amides is 3. The number of carbonyl (C=O) groups is 2. The van der Waals surface area contributed by atoms with E-state index in [1.807, 2.05) is 53.1 Å². The van der Waals surface area contributed by atoms with E-state index in [2.05, 4.69) is 41.6 Å². The van der Waals surface area contributed by atoms with Crippen molar-refractivity contribution in [2.45, 2.75) is 77.4 Å². The van der Waals surface area contributed by atoms with E-state index in [1.165, 1.54) is 25.7 Å². The molecule has 2 heterocycles. The fraction of sp³-hybridized carbons (Fsp3) is 0.714. The summed E-state index contributed by atoms with van der Waals surface area (Å²) in [4.78, 5) is 34.8. The summed E-state index contributed by atoms with van der Waals surface area (Å²) in [6.07, 6.45) is 7.12. The second kappa shape index (κ2) is 10.8. The number of halogens is 1. The van der Waals surface area contributed by atoms with Gasteiger partial charge in [0.1, 0.15) is 0 Å². The van der Waals surface area contributed by atoms with Gasteiger partial charge >= 0.3 is 6.03 Å². The van der Waals surface area contributed by atoms with Gasteiger partial charge in [-0.25, -0.2) is 4.79 Å². The molecule has 1 aromatic rings. The van der Waals surface area contributed by atoms with Crippen molar-refractivity contribution >= 4 is 27.9 Å². The summed E-state index contributed by atoms with van der Waals surface area (Å²) >= 11 is 3.42. The molecule has 1 saturated carbocycles. The molecule has 0 aromatic heterocycles. The highest BCUT2D eigenvalue weighted by Crippen LogP contribution is 2.38. The molecule has 3 unspecified atom stereocenters. The first-order valence-electron chi connectivity index (χ1n) is 13.3. The minimum Gasteiger partial charge on any atom is -0.337 e. The minimum atomic E-state index is 0.0113. The lowest BCUT2D eigenvalue weighted by Gasteiger charge is -2.47. The smallest absolute Gasteiger partial charge is 0.320 e. The average molecular weight is 548 g/mol. The van der Waals surface area contributed by atoms with E-state index in [4.69, 9.17) is 0 Å². The van der Waals surface area contributed by atoms with Crippen LogP contribution in [0.3, 0.4) is 0 Å². The molecule has 3 fully saturated rings. The quantitative estimate of drug-likeness (QED) is 0.512. The van der Waals surface area contributed by atoms with Crippen molar-refractivity contribution < 1.29 is 9.59 Å². The van der Waals surface area contributed by atoms with Gasteiger partial charge in [-0.2, -0.15) is 0 Å². The maximum atomic E-state index is 13.4. The highest BCUT2D eigenvalue weighted by atomic mass is 79.9. The lowest BCUT2D eigenvalue weighted by atomic mass is 9.74. The van der Waals surface area contributed by atoms with Crippen molar-refractivity contribution in [3.05, 3.63) is 34.3 Å². The molecule has 1 aromatic carbocycles. The topological polar surface area (TPSA) is 47.1 Å². The normalized spacial score (nSPS) is 27.6. The van der Waals surface area contributed by atoms with E-state index in [-0.39, 0.29) is 24.0 Å². The van der Waals surface area contributed by atoms with Crippen LogP contribution in [0.1, 0.15) is 69.7 Å². The van der Waals surface area contributed by atoms with Crippen molar-refractivity contribution in [3.8, 4) is 0 Å². The van der Waals surface area contributed by atoms with Gasteiger partial charge in [0.15, 0.2) is 0 Å². The van der Waals surface area contributed by atoms with E-state index < -0.39 is 0 Å². The molecule has 6 nitrogen and oxygen atoms in total. The Labute approximate surface area is 220 Å². The molecule has 2 aliphatic heterocycles. The average Bonchev–Trinajstić information content (AvgIpc) is 3.33. The van der Waals surface area contributed by atoms with Crippen LogP contribution in [0.2, 0.25) is 0 Å². The molecule has 3 amide bonds. The number of nitrogens with zero attached hydrogens (tertiary/aromatic N) is 4. The number of piperidine rings is 1. The third-order valence-corrected chi connectivity index (χ3v) is 9.44. The Balaban J connectivity index is 1.29. The van der Waals surface area contributed by atoms with Gasteiger partial charge in [0.25, 0.3) is 5.91 Å². The van der Waals surface area contributed by atoms with E-state index in [9.17, 15) is 9.59 Å². The molecule has 4 rings (SSSR count). The van der Waals surface area contributed by atoms with Crippen molar-refractivity contribution in [1.82, 2.24) is 19.6 Å². The first kappa shape index (κ1) is 26.5. The Hall–Kier alpha value is -1.60. The SMILES string of the molecule is CC1CN(C2CCC(C)(C)CC2)CCC1N(C)C(=O)N1CCC(N(C)C(=O)c2ccc(Br)cc2)C1. The lowest BCUT2D eigenvalue weighted by Crippen LogP contribution is -2.55. The molecule has 194 valence electrons. The van der Waals surface area contributed by atoms with Gasteiger partial charge in [0, 0.05) is 62.4 Å². The molecule has 3 atom stereocenters. The molecule has 0 N–H and O–H groups in total. The number of benzene rings is 1. The third kappa shape index (κ3) is 6.04. The van der Waals surface area contributed by atoms with E-state index in [1.54, 1.807) is 0 Å². The highest BCUT2D eigenvalue weighted by molar-refractivity contribution is 9.10. The first-order chi connectivity index (χ1) is 16.6. The maximum absolute atomic E-state index is 13.4. The second-order valence-corrected chi connectivity index (χ2v) is 12.8. The van der Waals surface area contributed by atoms with E-state index in [0.717, 1.165) is 30.4 Å². The Morgan fingerprint density at radius 3 is 2.23 bits per heavy atom. The van der Waals surface area contributed by atoms with Gasteiger partial charge in [0.05, 0.1) is 6.04 Å². The Morgan fingerprint density at radius 2 is 1.60 bits per heavy atom. The van der Waals surface area contributed by atoms with Crippen LogP contribution in [-0.2, 0) is 0 Å². The molecule has 7 heteroatoms. The van der Waals surface area contributed by atoms with Crippen LogP contribution in [-0.4, -0.2) is 89.9 Å². The minimum absolute atomic E-state index is 0.0113. The van der Waals surface area contributed by atoms with Gasteiger partial charge < -0.3 is 14.7 Å². The number of likely N-dealkylation sites (N-methyl/N-ethyl adjacent to an activating group) is 1. The monoisotopic (exact) mass is 546 g/mol. The third-order valence-electron chi connectivity index (χ3n) is 8.91. The number of urea groups is 1. The van der Waals surface area contributed by atoms with Crippen molar-refractivity contribution in [2.24, 2.45) is 11.3 Å². The molecule has 0 spiro atoms. The van der Waals surface area contributed by atoms with Crippen LogP contribution in [0.5, 0.6) is 0 Å². The fourth-order valence-electron chi connectivity index (χ4n) is 6.38. The van der Waals surface area contributed by atoms with E-state index in [0.29, 0.717) is 36.0 Å². The van der Waals surface area contributed by atoms with Crippen LogP contribution in [0.4, 0.5) is 4.79 Å². The van der Waals surface area contributed by atoms with Crippen molar-refractivity contribution in [2.75, 3.05) is 40.3 Å². The maximum Gasteiger partial charge on any atom is 0.320 e. The second-order valence-electron chi connectivity index (χ2n) is 11.9. The number of rotatable bonds is 4. The summed E-state index contributed by atoms with van der Waals surface area (Å²) in [6.45, 7) is 10.6. The molecule has 0 radical (unpaired) electrons. The van der Waals surface area contributed by atoms with Crippen LogP contribution < -0.4 is 0 Å². The predicted molar refractivity (Wildman–Crippen MR) is 145 cm³/mol. The summed E-state index contributed by atoms with van der Waals surface area (Å²) in [7, 11) is 3.84. The summed E-state index contributed by atoms with van der Waals surface area (Å²) < 4.78 is 0.958. The summed E-state index contributed by atoms with van der Waals surface area (Å²) in [5.41, 5.74) is 1.18. The number of likely N-dealkylation sites (tertiary alicyclic amines) is 2. The molecular formula is C28H43BrN4O2. The zero-order valence-electron chi connectivity index (χ0n) is 22.2. The molecule has 1 aliphatic carbocycles.